The van der Waals surface area contributed by atoms with Crippen molar-refractivity contribution in [3.05, 3.63) is 95.6 Å². The Hall–Kier alpha value is -4.49. The van der Waals surface area contributed by atoms with Crippen molar-refractivity contribution in [2.24, 2.45) is 5.92 Å². The molecule has 0 aromatic heterocycles. The topological polar surface area (TPSA) is 145 Å². The number of nitrogens with one attached hydrogen (secondary N) is 2. The second kappa shape index (κ2) is 15.2. The highest BCUT2D eigenvalue weighted by atomic mass is 32.2. The van der Waals surface area contributed by atoms with Crippen LogP contribution in [-0.4, -0.2) is 63.6 Å². The number of hydrogen-bond donors (Lipinski definition) is 4. The van der Waals surface area contributed by atoms with Crippen LogP contribution >= 0.6 is 11.8 Å². The predicted molar refractivity (Wildman–Crippen MR) is 168 cm³/mol. The van der Waals surface area contributed by atoms with E-state index in [-0.39, 0.29) is 17.6 Å². The molecule has 46 heavy (non-hydrogen) atoms. The Morgan fingerprint density at radius 2 is 1.50 bits per heavy atom. The van der Waals surface area contributed by atoms with Crippen LogP contribution in [0.25, 0.3) is 0 Å². The minimum absolute atomic E-state index is 0.178. The van der Waals surface area contributed by atoms with E-state index in [0.717, 1.165) is 5.56 Å². The van der Waals surface area contributed by atoms with Gasteiger partial charge in [0.15, 0.2) is 6.61 Å². The molecule has 3 aromatic carbocycles. The van der Waals surface area contributed by atoms with E-state index < -0.39 is 65.5 Å². The minimum atomic E-state index is -1.17. The Morgan fingerprint density at radius 1 is 0.913 bits per heavy atom. The van der Waals surface area contributed by atoms with Crippen LogP contribution < -0.4 is 20.3 Å². The van der Waals surface area contributed by atoms with Gasteiger partial charge in [-0.15, -0.1) is 11.8 Å². The maximum Gasteiger partial charge on any atom is 0.326 e. The summed E-state index contributed by atoms with van der Waals surface area (Å²) in [7, 11) is 0. The second-order valence-corrected chi connectivity index (χ2v) is 12.3. The van der Waals surface area contributed by atoms with E-state index in [2.05, 4.69) is 10.6 Å². The molecule has 1 fully saturated rings. The second-order valence-electron chi connectivity index (χ2n) is 11.2. The van der Waals surface area contributed by atoms with Gasteiger partial charge in [0.25, 0.3) is 5.91 Å². The van der Waals surface area contributed by atoms with Gasteiger partial charge in [-0.1, -0.05) is 38.1 Å². The summed E-state index contributed by atoms with van der Waals surface area (Å²) in [6, 6.07) is 15.2. The largest absolute Gasteiger partial charge is 0.484 e. The van der Waals surface area contributed by atoms with Crippen molar-refractivity contribution in [3.8, 4) is 5.75 Å². The number of aliphatic hydroxyl groups is 1. The van der Waals surface area contributed by atoms with Crippen molar-refractivity contribution in [1.29, 1.82) is 0 Å². The van der Waals surface area contributed by atoms with E-state index in [1.165, 1.54) is 67.2 Å². The molecule has 2 unspecified atom stereocenters. The molecule has 3 aromatic rings. The fourth-order valence-electron chi connectivity index (χ4n) is 4.86. The number of aliphatic hydroxyl groups excluding tert-OH is 1. The average Bonchev–Trinajstić information content (AvgIpc) is 3.02. The van der Waals surface area contributed by atoms with E-state index in [1.807, 2.05) is 0 Å². The number of carboxylic acid groups (broad SMARTS) is 1. The summed E-state index contributed by atoms with van der Waals surface area (Å²) in [6.45, 7) is 4.34. The third-order valence-electron chi connectivity index (χ3n) is 7.43. The minimum Gasteiger partial charge on any atom is -0.484 e. The highest BCUT2D eigenvalue weighted by molar-refractivity contribution is 8.00. The number of aliphatic carboxylic acids is 1. The smallest absolute Gasteiger partial charge is 0.326 e. The van der Waals surface area contributed by atoms with Gasteiger partial charge in [0.05, 0.1) is 12.1 Å². The third-order valence-corrected chi connectivity index (χ3v) is 8.76. The van der Waals surface area contributed by atoms with Gasteiger partial charge in [0.1, 0.15) is 34.7 Å². The van der Waals surface area contributed by atoms with Gasteiger partial charge in [-0.2, -0.15) is 0 Å². The van der Waals surface area contributed by atoms with Crippen molar-refractivity contribution in [1.82, 2.24) is 10.6 Å². The first-order valence-electron chi connectivity index (χ1n) is 14.5. The number of rotatable bonds is 14. The Kier molecular flexibility index (Phi) is 11.4. The summed E-state index contributed by atoms with van der Waals surface area (Å²) in [4.78, 5) is 51.0. The van der Waals surface area contributed by atoms with Gasteiger partial charge in [-0.3, -0.25) is 14.4 Å². The molecule has 5 atom stereocenters. The molecule has 3 amide bonds. The highest BCUT2D eigenvalue weighted by Gasteiger charge is 2.49. The van der Waals surface area contributed by atoms with Crippen molar-refractivity contribution >= 4 is 41.1 Å². The number of amides is 3. The van der Waals surface area contributed by atoms with Crippen molar-refractivity contribution in [2.45, 2.75) is 50.3 Å². The number of carbonyl (C=O) groups excluding carboxylic acids is 3. The average molecular weight is 656 g/mol. The lowest BCUT2D eigenvalue weighted by Gasteiger charge is -2.47. The number of anilines is 1. The number of ether oxygens (including phenoxy) is 1. The number of thioether (sulfide) groups is 1. The molecule has 0 saturated carbocycles. The van der Waals surface area contributed by atoms with Gasteiger partial charge in [-0.05, 0) is 72.5 Å². The van der Waals surface area contributed by atoms with E-state index in [0.29, 0.717) is 17.0 Å². The zero-order valence-electron chi connectivity index (χ0n) is 25.4. The van der Waals surface area contributed by atoms with Crippen molar-refractivity contribution < 1.29 is 42.9 Å². The maximum atomic E-state index is 13.6. The lowest BCUT2D eigenvalue weighted by atomic mass is 9.92. The summed E-state index contributed by atoms with van der Waals surface area (Å²) >= 11 is 1.26. The molecule has 0 aliphatic carbocycles. The molecule has 4 N–H and O–H groups in total. The van der Waals surface area contributed by atoms with Crippen LogP contribution in [-0.2, 0) is 19.2 Å². The maximum absolute atomic E-state index is 13.6. The lowest BCUT2D eigenvalue weighted by molar-refractivity contribution is -0.143. The SMILES string of the molecule is CC(C)[C@@H](NC(=O)[C@@H](C)NC(=O)COc1ccc(C2[C@@H](SCC(O)c3ccc(F)cc3)C(=O)N2c2ccc(F)cc2)cc1)C(=O)O. The molecule has 244 valence electrons. The predicted octanol–water partition coefficient (Wildman–Crippen LogP) is 4.00. The van der Waals surface area contributed by atoms with Crippen LogP contribution in [0.2, 0.25) is 0 Å². The third kappa shape index (κ3) is 8.40. The Bertz CT molecular complexity index is 1540. The van der Waals surface area contributed by atoms with Crippen LogP contribution in [0, 0.1) is 17.6 Å². The summed E-state index contributed by atoms with van der Waals surface area (Å²) < 4.78 is 32.5. The molecule has 10 nitrogen and oxygen atoms in total. The molecule has 1 aliphatic heterocycles. The fourth-order valence-corrected chi connectivity index (χ4v) is 6.16. The summed E-state index contributed by atoms with van der Waals surface area (Å²) in [5.41, 5.74) is 1.76. The van der Waals surface area contributed by atoms with Gasteiger partial charge in [0, 0.05) is 11.4 Å². The van der Waals surface area contributed by atoms with Crippen molar-refractivity contribution in [3.63, 3.8) is 0 Å². The molecule has 1 heterocycles. The normalized spacial score (nSPS) is 17.9. The van der Waals surface area contributed by atoms with Crippen molar-refractivity contribution in [2.75, 3.05) is 17.3 Å². The van der Waals surface area contributed by atoms with E-state index >= 15 is 0 Å². The summed E-state index contributed by atoms with van der Waals surface area (Å²) in [6.07, 6.45) is -0.927. The lowest BCUT2D eigenvalue weighted by Crippen LogP contribution is -2.57. The van der Waals surface area contributed by atoms with Crippen LogP contribution in [0.4, 0.5) is 14.5 Å². The Balaban J connectivity index is 1.39. The standard InChI is InChI=1S/C33H35F2N3O7S/c1-18(2)28(33(43)44)37-31(41)19(3)36-27(40)16-45-25-14-6-21(7-15-25)29-30(32(42)38(29)24-12-10-23(35)11-13-24)46-17-26(39)20-4-8-22(34)9-5-20/h4-15,18-19,26,28-30,39H,16-17H2,1-3H3,(H,36,40)(H,37,41)(H,43,44)/t19-,26?,28-,29?,30-/m1/s1. The fraction of sp³-hybridized carbons (Fsp3) is 0.333. The first-order chi connectivity index (χ1) is 21.8. The summed E-state index contributed by atoms with van der Waals surface area (Å²) in [5.74, 6) is -3.31. The number of carbonyl (C=O) groups is 4. The molecule has 0 radical (unpaired) electrons. The van der Waals surface area contributed by atoms with E-state index in [9.17, 15) is 38.2 Å². The first-order valence-corrected chi connectivity index (χ1v) is 15.6. The van der Waals surface area contributed by atoms with Crippen LogP contribution in [0.5, 0.6) is 5.75 Å². The summed E-state index contributed by atoms with van der Waals surface area (Å²) in [5, 5.41) is 24.2. The van der Waals surface area contributed by atoms with Crippen LogP contribution in [0.3, 0.4) is 0 Å². The van der Waals surface area contributed by atoms with Gasteiger partial charge in [-0.25, -0.2) is 13.6 Å². The zero-order chi connectivity index (χ0) is 33.5. The van der Waals surface area contributed by atoms with Gasteiger partial charge >= 0.3 is 5.97 Å². The molecule has 0 spiro atoms. The number of hydrogen-bond acceptors (Lipinski definition) is 7. The molecular formula is C33H35F2N3O7S. The number of benzene rings is 3. The van der Waals surface area contributed by atoms with Crippen LogP contribution in [0.15, 0.2) is 72.8 Å². The van der Waals surface area contributed by atoms with Gasteiger partial charge < -0.3 is 30.5 Å². The number of carboxylic acids is 1. The van der Waals surface area contributed by atoms with E-state index in [1.54, 1.807) is 43.0 Å². The molecular weight excluding hydrogens is 620 g/mol. The highest BCUT2D eigenvalue weighted by Crippen LogP contribution is 2.46. The molecule has 13 heteroatoms. The monoisotopic (exact) mass is 655 g/mol. The van der Waals surface area contributed by atoms with Gasteiger partial charge in [0.2, 0.25) is 11.8 Å². The number of halogens is 2. The first kappa shape index (κ1) is 34.4. The molecule has 1 aliphatic rings. The van der Waals surface area contributed by atoms with E-state index in [4.69, 9.17) is 4.74 Å². The Morgan fingerprint density at radius 3 is 2.07 bits per heavy atom. The zero-order valence-corrected chi connectivity index (χ0v) is 26.2. The quantitative estimate of drug-likeness (QED) is 0.191. The number of β-lactam (4-membered cyclic amide) rings is 1. The molecule has 0 bridgehead atoms. The molecule has 1 saturated heterocycles. The van der Waals surface area contributed by atoms with Crippen LogP contribution in [0.1, 0.15) is 44.0 Å². The Labute approximate surface area is 269 Å². The molecule has 4 rings (SSSR count). The number of nitrogens with zero attached hydrogens (tertiary/aromatic N) is 1.